The van der Waals surface area contributed by atoms with E-state index in [0.717, 1.165) is 22.5 Å². The Morgan fingerprint density at radius 3 is 2.84 bits per heavy atom. The Kier molecular flexibility index (Phi) is 4.77. The van der Waals surface area contributed by atoms with Gasteiger partial charge >= 0.3 is 5.97 Å². The second-order valence-corrected chi connectivity index (χ2v) is 8.03. The van der Waals surface area contributed by atoms with E-state index in [0.29, 0.717) is 24.5 Å². The molecular formula is C23H23N3O5. The van der Waals surface area contributed by atoms with Crippen molar-refractivity contribution in [3.8, 4) is 11.5 Å². The highest BCUT2D eigenvalue weighted by Gasteiger charge is 2.35. The average molecular weight is 421 g/mol. The highest BCUT2D eigenvalue weighted by molar-refractivity contribution is 5.97. The minimum absolute atomic E-state index is 0.00669. The van der Waals surface area contributed by atoms with E-state index >= 15 is 0 Å². The van der Waals surface area contributed by atoms with Crippen molar-refractivity contribution < 1.29 is 23.8 Å². The zero-order chi connectivity index (χ0) is 21.5. The first-order valence-corrected chi connectivity index (χ1v) is 10.3. The molecule has 0 aliphatic carbocycles. The fraction of sp³-hybridized carbons (Fsp3) is 0.348. The van der Waals surface area contributed by atoms with Crippen LogP contribution in [-0.2, 0) is 20.9 Å². The first-order valence-electron chi connectivity index (χ1n) is 10.3. The van der Waals surface area contributed by atoms with Gasteiger partial charge in [-0.15, -0.1) is 0 Å². The van der Waals surface area contributed by atoms with E-state index in [9.17, 15) is 9.59 Å². The summed E-state index contributed by atoms with van der Waals surface area (Å²) in [5.74, 6) is 1.58. The molecule has 1 aromatic heterocycles. The molecule has 0 N–H and O–H groups in total. The highest BCUT2D eigenvalue weighted by atomic mass is 16.7. The Bertz CT molecular complexity index is 1170. The molecule has 31 heavy (non-hydrogen) atoms. The molecule has 8 nitrogen and oxygen atoms in total. The van der Waals surface area contributed by atoms with Crippen LogP contribution in [0.2, 0.25) is 0 Å². The fourth-order valence-electron chi connectivity index (χ4n) is 4.18. The topological polar surface area (TPSA) is 82.9 Å². The van der Waals surface area contributed by atoms with Gasteiger partial charge in [-0.25, -0.2) is 4.98 Å². The summed E-state index contributed by atoms with van der Waals surface area (Å²) in [5, 5.41) is 0. The summed E-state index contributed by atoms with van der Waals surface area (Å²) >= 11 is 0. The van der Waals surface area contributed by atoms with Crippen molar-refractivity contribution >= 4 is 28.6 Å². The van der Waals surface area contributed by atoms with Crippen LogP contribution in [-0.4, -0.2) is 40.9 Å². The van der Waals surface area contributed by atoms with Crippen molar-refractivity contribution in [1.82, 2.24) is 9.55 Å². The van der Waals surface area contributed by atoms with E-state index in [-0.39, 0.29) is 37.2 Å². The van der Waals surface area contributed by atoms with Crippen molar-refractivity contribution in [1.29, 1.82) is 0 Å². The smallest absolute Gasteiger partial charge is 0.326 e. The molecule has 1 atom stereocenters. The summed E-state index contributed by atoms with van der Waals surface area (Å²) in [7, 11) is 0. The van der Waals surface area contributed by atoms with E-state index < -0.39 is 0 Å². The standard InChI is InChI=1S/C23H23N3O5/c1-14(2)31-22(28)12-26-18-6-4-3-5-17(18)24-23(26)15-9-21(27)25(11-15)16-7-8-19-20(10-16)30-13-29-19/h3-8,10,14-15H,9,11-13H2,1-2H3. The summed E-state index contributed by atoms with van der Waals surface area (Å²) in [4.78, 5) is 31.8. The molecule has 0 bridgehead atoms. The number of hydrogen-bond acceptors (Lipinski definition) is 6. The summed E-state index contributed by atoms with van der Waals surface area (Å²) in [6.07, 6.45) is 0.122. The zero-order valence-corrected chi connectivity index (χ0v) is 17.4. The largest absolute Gasteiger partial charge is 0.462 e. The van der Waals surface area contributed by atoms with Crippen molar-refractivity contribution in [2.75, 3.05) is 18.2 Å². The molecule has 0 radical (unpaired) electrons. The quantitative estimate of drug-likeness (QED) is 0.588. The Morgan fingerprint density at radius 2 is 2.00 bits per heavy atom. The second-order valence-electron chi connectivity index (χ2n) is 8.03. The molecule has 2 aliphatic rings. The van der Waals surface area contributed by atoms with Crippen molar-refractivity contribution in [3.63, 3.8) is 0 Å². The van der Waals surface area contributed by atoms with Crippen LogP contribution in [0.3, 0.4) is 0 Å². The number of fused-ring (bicyclic) bond motifs is 2. The van der Waals surface area contributed by atoms with Gasteiger partial charge in [0.25, 0.3) is 0 Å². The van der Waals surface area contributed by atoms with Gasteiger partial charge in [0.15, 0.2) is 11.5 Å². The predicted molar refractivity (Wildman–Crippen MR) is 113 cm³/mol. The molecule has 1 fully saturated rings. The first-order chi connectivity index (χ1) is 15.0. The van der Waals surface area contributed by atoms with Crippen LogP contribution < -0.4 is 14.4 Å². The predicted octanol–water partition coefficient (Wildman–Crippen LogP) is 3.24. The van der Waals surface area contributed by atoms with Crippen LogP contribution in [0.4, 0.5) is 5.69 Å². The zero-order valence-electron chi connectivity index (χ0n) is 17.4. The van der Waals surface area contributed by atoms with Gasteiger partial charge < -0.3 is 23.7 Å². The van der Waals surface area contributed by atoms with Gasteiger partial charge in [0.2, 0.25) is 12.7 Å². The molecule has 2 aliphatic heterocycles. The normalized spacial score (nSPS) is 17.7. The molecule has 3 heterocycles. The lowest BCUT2D eigenvalue weighted by Gasteiger charge is -2.18. The Balaban J connectivity index is 1.46. The number of ether oxygens (including phenoxy) is 3. The highest BCUT2D eigenvalue weighted by Crippen LogP contribution is 2.39. The fourth-order valence-corrected chi connectivity index (χ4v) is 4.18. The number of imidazole rings is 1. The third-order valence-electron chi connectivity index (χ3n) is 5.50. The van der Waals surface area contributed by atoms with E-state index in [1.54, 1.807) is 4.90 Å². The Hall–Kier alpha value is -3.55. The van der Waals surface area contributed by atoms with Crippen LogP contribution in [0.25, 0.3) is 11.0 Å². The number of para-hydroxylation sites is 2. The van der Waals surface area contributed by atoms with Crippen molar-refractivity contribution in [3.05, 3.63) is 48.3 Å². The molecule has 1 unspecified atom stereocenters. The number of rotatable bonds is 5. The number of esters is 1. The number of amides is 1. The summed E-state index contributed by atoms with van der Waals surface area (Å²) in [5.41, 5.74) is 2.41. The van der Waals surface area contributed by atoms with E-state index in [1.165, 1.54) is 0 Å². The molecule has 0 saturated carbocycles. The van der Waals surface area contributed by atoms with Crippen molar-refractivity contribution in [2.24, 2.45) is 0 Å². The maximum atomic E-state index is 12.9. The minimum Gasteiger partial charge on any atom is -0.462 e. The van der Waals surface area contributed by atoms with Gasteiger partial charge in [-0.1, -0.05) is 12.1 Å². The third-order valence-corrected chi connectivity index (χ3v) is 5.50. The number of anilines is 1. The number of carbonyl (C=O) groups is 2. The van der Waals surface area contributed by atoms with Gasteiger partial charge in [0.1, 0.15) is 12.4 Å². The van der Waals surface area contributed by atoms with Crippen molar-refractivity contribution in [2.45, 2.75) is 38.8 Å². The monoisotopic (exact) mass is 421 g/mol. The van der Waals surface area contributed by atoms with Gasteiger partial charge in [-0.05, 0) is 38.1 Å². The maximum Gasteiger partial charge on any atom is 0.326 e. The maximum absolute atomic E-state index is 12.9. The molecule has 160 valence electrons. The SMILES string of the molecule is CC(C)OC(=O)Cn1c(C2CC(=O)N(c3ccc4c(c3)OCO4)C2)nc2ccccc21. The van der Waals surface area contributed by atoms with Crippen LogP contribution in [0.5, 0.6) is 11.5 Å². The van der Waals surface area contributed by atoms with E-state index in [4.69, 9.17) is 19.2 Å². The van der Waals surface area contributed by atoms with Gasteiger partial charge in [0, 0.05) is 30.6 Å². The number of benzene rings is 2. The Morgan fingerprint density at radius 1 is 1.19 bits per heavy atom. The lowest BCUT2D eigenvalue weighted by Crippen LogP contribution is -2.25. The van der Waals surface area contributed by atoms with Gasteiger partial charge in [-0.3, -0.25) is 9.59 Å². The lowest BCUT2D eigenvalue weighted by atomic mass is 10.1. The first kappa shape index (κ1) is 19.4. The number of carbonyl (C=O) groups excluding carboxylic acids is 2. The summed E-state index contributed by atoms with van der Waals surface area (Å²) in [6.45, 7) is 4.36. The molecule has 1 amide bonds. The summed E-state index contributed by atoms with van der Waals surface area (Å²) in [6, 6.07) is 13.2. The van der Waals surface area contributed by atoms with Gasteiger partial charge in [0.05, 0.1) is 17.1 Å². The number of hydrogen-bond donors (Lipinski definition) is 0. The van der Waals surface area contributed by atoms with Crippen LogP contribution in [0.15, 0.2) is 42.5 Å². The molecular weight excluding hydrogens is 398 g/mol. The molecule has 0 spiro atoms. The van der Waals surface area contributed by atoms with Crippen LogP contribution >= 0.6 is 0 Å². The second kappa shape index (κ2) is 7.61. The molecule has 8 heteroatoms. The lowest BCUT2D eigenvalue weighted by molar-refractivity contribution is -0.148. The minimum atomic E-state index is -0.323. The molecule has 3 aromatic rings. The summed E-state index contributed by atoms with van der Waals surface area (Å²) < 4.78 is 18.0. The Labute approximate surface area is 179 Å². The van der Waals surface area contributed by atoms with Crippen LogP contribution in [0, 0.1) is 0 Å². The van der Waals surface area contributed by atoms with Crippen LogP contribution in [0.1, 0.15) is 32.0 Å². The van der Waals surface area contributed by atoms with E-state index in [1.807, 2.05) is 60.9 Å². The average Bonchev–Trinajstić information content (AvgIpc) is 3.44. The molecule has 2 aromatic carbocycles. The van der Waals surface area contributed by atoms with E-state index in [2.05, 4.69) is 0 Å². The van der Waals surface area contributed by atoms with Gasteiger partial charge in [-0.2, -0.15) is 0 Å². The number of nitrogens with zero attached hydrogens (tertiary/aromatic N) is 3. The molecule has 5 rings (SSSR count). The number of aromatic nitrogens is 2. The third kappa shape index (κ3) is 3.58. The molecule has 1 saturated heterocycles.